The lowest BCUT2D eigenvalue weighted by Gasteiger charge is -2.54. The summed E-state index contributed by atoms with van der Waals surface area (Å²) in [5.74, 6) is 1.21. The summed E-state index contributed by atoms with van der Waals surface area (Å²) in [4.78, 5) is 28.5. The molecule has 2 N–H and O–H groups in total. The molecule has 5 rings (SSSR count). The van der Waals surface area contributed by atoms with Crippen molar-refractivity contribution in [1.29, 1.82) is 0 Å². The number of hydrogen-bond acceptors (Lipinski definition) is 6. The van der Waals surface area contributed by atoms with Crippen LogP contribution < -0.4 is 5.32 Å². The van der Waals surface area contributed by atoms with Gasteiger partial charge in [-0.05, 0) is 85.6 Å². The van der Waals surface area contributed by atoms with Gasteiger partial charge in [0.05, 0.1) is 18.4 Å². The number of nitrogens with one attached hydrogen (secondary N) is 1. The van der Waals surface area contributed by atoms with Gasteiger partial charge in [0.25, 0.3) is 0 Å². The third-order valence-corrected chi connectivity index (χ3v) is 9.44. The van der Waals surface area contributed by atoms with E-state index in [0.717, 1.165) is 44.1 Å². The van der Waals surface area contributed by atoms with Gasteiger partial charge in [0.15, 0.2) is 5.78 Å². The van der Waals surface area contributed by atoms with E-state index in [-0.39, 0.29) is 17.1 Å². The van der Waals surface area contributed by atoms with Gasteiger partial charge in [-0.25, -0.2) is 4.79 Å². The highest BCUT2D eigenvalue weighted by atomic mass is 16.7. The van der Waals surface area contributed by atoms with Crippen molar-refractivity contribution < 1.29 is 24.3 Å². The summed E-state index contributed by atoms with van der Waals surface area (Å²) in [6.07, 6.45) is 8.83. The van der Waals surface area contributed by atoms with Crippen LogP contribution in [0.2, 0.25) is 0 Å². The van der Waals surface area contributed by atoms with Crippen LogP contribution in [-0.4, -0.2) is 49.1 Å². The summed E-state index contributed by atoms with van der Waals surface area (Å²) in [5.41, 5.74) is 5.07. The summed E-state index contributed by atoms with van der Waals surface area (Å²) in [6.45, 7) is 4.92. The molecule has 2 unspecified atom stereocenters. The van der Waals surface area contributed by atoms with Crippen molar-refractivity contribution >= 4 is 18.1 Å². The van der Waals surface area contributed by atoms with Crippen molar-refractivity contribution in [2.75, 3.05) is 20.3 Å². The molecular formula is C30H38N2O5. The maximum absolute atomic E-state index is 12.2. The second-order valence-corrected chi connectivity index (χ2v) is 11.3. The number of benzene rings is 1. The Morgan fingerprint density at radius 2 is 2.00 bits per heavy atom. The number of rotatable bonds is 6. The van der Waals surface area contributed by atoms with E-state index in [4.69, 9.17) is 9.57 Å². The first kappa shape index (κ1) is 25.9. The largest absolute Gasteiger partial charge is 0.433 e. The average Bonchev–Trinajstić information content (AvgIpc) is 3.14. The highest BCUT2D eigenvalue weighted by Gasteiger charge is 2.62. The summed E-state index contributed by atoms with van der Waals surface area (Å²) < 4.78 is 5.54. The predicted octanol–water partition coefficient (Wildman–Crippen LogP) is 5.04. The first-order valence-corrected chi connectivity index (χ1v) is 13.6. The average molecular weight is 507 g/mol. The molecule has 7 heteroatoms. The van der Waals surface area contributed by atoms with Crippen molar-refractivity contribution in [3.63, 3.8) is 0 Å². The van der Waals surface area contributed by atoms with Crippen LogP contribution in [0.1, 0.15) is 75.8 Å². The second kappa shape index (κ2) is 10.2. The van der Waals surface area contributed by atoms with Crippen LogP contribution in [0.15, 0.2) is 52.2 Å². The van der Waals surface area contributed by atoms with Gasteiger partial charge < -0.3 is 15.2 Å². The molecule has 2 saturated carbocycles. The van der Waals surface area contributed by atoms with Gasteiger partial charge in [-0.2, -0.15) is 0 Å². The van der Waals surface area contributed by atoms with Crippen molar-refractivity contribution in [3.8, 4) is 0 Å². The van der Waals surface area contributed by atoms with Crippen molar-refractivity contribution in [2.24, 2.45) is 22.4 Å². The zero-order valence-corrected chi connectivity index (χ0v) is 22.1. The van der Waals surface area contributed by atoms with Gasteiger partial charge >= 0.3 is 6.09 Å². The number of oxime groups is 1. The number of ketones is 1. The van der Waals surface area contributed by atoms with Gasteiger partial charge in [-0.15, -0.1) is 0 Å². The van der Waals surface area contributed by atoms with Crippen LogP contribution in [0.3, 0.4) is 0 Å². The van der Waals surface area contributed by atoms with Crippen LogP contribution in [0, 0.1) is 17.3 Å². The number of methoxy groups -OCH3 is 1. The van der Waals surface area contributed by atoms with Crippen LogP contribution in [0.5, 0.6) is 0 Å². The normalized spacial score (nSPS) is 33.0. The number of nitrogens with zero attached hydrogens (tertiary/aromatic N) is 1. The minimum Gasteiger partial charge on any atom is -0.387 e. The Bertz CT molecular complexity index is 1150. The first-order chi connectivity index (χ1) is 17.8. The molecule has 7 nitrogen and oxygen atoms in total. The number of allylic oxidation sites excluding steroid dienone is 4. The Labute approximate surface area is 219 Å². The highest BCUT2D eigenvalue weighted by Crippen LogP contribution is 2.66. The van der Waals surface area contributed by atoms with Gasteiger partial charge in [-0.1, -0.05) is 41.9 Å². The number of ether oxygens (including phenoxy) is 1. The summed E-state index contributed by atoms with van der Waals surface area (Å²) >= 11 is 0. The summed E-state index contributed by atoms with van der Waals surface area (Å²) in [5, 5.41) is 18.2. The molecule has 4 aliphatic rings. The van der Waals surface area contributed by atoms with Crippen molar-refractivity contribution in [3.05, 3.63) is 58.2 Å². The van der Waals surface area contributed by atoms with E-state index in [2.05, 4.69) is 29.5 Å². The predicted molar refractivity (Wildman–Crippen MR) is 141 cm³/mol. The fourth-order valence-electron chi connectivity index (χ4n) is 7.66. The third kappa shape index (κ3) is 4.57. The van der Waals surface area contributed by atoms with Gasteiger partial charge in [-0.3, -0.25) is 9.63 Å². The molecule has 1 aromatic rings. The highest BCUT2D eigenvalue weighted by molar-refractivity contribution is 5.93. The van der Waals surface area contributed by atoms with Crippen LogP contribution in [0.25, 0.3) is 0 Å². The second-order valence-electron chi connectivity index (χ2n) is 11.3. The Morgan fingerprint density at radius 1 is 1.22 bits per heavy atom. The zero-order valence-electron chi connectivity index (χ0n) is 22.1. The number of hydrogen-bond donors (Lipinski definition) is 2. The van der Waals surface area contributed by atoms with Gasteiger partial charge in [0, 0.05) is 31.4 Å². The smallest absolute Gasteiger partial charge is 0.387 e. The minimum atomic E-state index is -0.845. The first-order valence-electron chi connectivity index (χ1n) is 13.6. The maximum atomic E-state index is 12.2. The van der Waals surface area contributed by atoms with Gasteiger partial charge in [0.1, 0.15) is 0 Å². The van der Waals surface area contributed by atoms with E-state index in [1.54, 1.807) is 7.11 Å². The fourth-order valence-corrected chi connectivity index (χ4v) is 7.66. The number of carbonyl (C=O) groups is 2. The SMILES string of the molecule is CCNC(=O)O/N=C/c1ccc([C@H]2C[C@@]3(C)C(CC[C@@]3(O)COC)C3CCC4=CC(=O)CCC4=C32)cc1. The lowest BCUT2D eigenvalue weighted by atomic mass is 9.51. The minimum absolute atomic E-state index is 0.164. The molecule has 0 saturated heterocycles. The quantitative estimate of drug-likeness (QED) is 0.320. The molecule has 0 radical (unpaired) electrons. The van der Waals surface area contributed by atoms with E-state index in [1.807, 2.05) is 25.1 Å². The Hall–Kier alpha value is -2.77. The lowest BCUT2D eigenvalue weighted by Crippen LogP contribution is -2.53. The van der Waals surface area contributed by atoms with E-state index in [9.17, 15) is 14.7 Å². The molecule has 1 amide bonds. The van der Waals surface area contributed by atoms with E-state index >= 15 is 0 Å². The maximum Gasteiger partial charge on any atom is 0.433 e. The molecule has 5 atom stereocenters. The van der Waals surface area contributed by atoms with E-state index in [1.165, 1.54) is 28.5 Å². The van der Waals surface area contributed by atoms with E-state index in [0.29, 0.717) is 31.4 Å². The molecular weight excluding hydrogens is 468 g/mol. The van der Waals surface area contributed by atoms with Crippen LogP contribution in [-0.2, 0) is 14.4 Å². The Kier molecular flexibility index (Phi) is 7.12. The van der Waals surface area contributed by atoms with E-state index < -0.39 is 11.7 Å². The molecule has 2 fully saturated rings. The van der Waals surface area contributed by atoms with Crippen LogP contribution in [0.4, 0.5) is 4.79 Å². The standard InChI is InChI=1S/C30H38N2O5/c1-4-31-28(34)37-32-17-19-5-7-20(8-6-19)25-16-29(2)26(13-14-30(29,35)18-36-3)24-11-9-21-15-22(33)10-12-23(21)27(24)25/h5-8,15,17,24-26,35H,4,9-14,16,18H2,1-3H3,(H,31,34)/b32-17+/t24?,25-,26?,29+,30-/m1/s1. The van der Waals surface area contributed by atoms with Crippen LogP contribution >= 0.6 is 0 Å². The monoisotopic (exact) mass is 506 g/mol. The number of fused-ring (bicyclic) bond motifs is 4. The molecule has 0 bridgehead atoms. The van der Waals surface area contributed by atoms with Gasteiger partial charge in [0.2, 0.25) is 0 Å². The molecule has 0 aromatic heterocycles. The Balaban J connectivity index is 1.51. The number of amides is 1. The fraction of sp³-hybridized carbons (Fsp3) is 0.567. The molecule has 1 aromatic carbocycles. The molecule has 0 aliphatic heterocycles. The summed E-state index contributed by atoms with van der Waals surface area (Å²) in [7, 11) is 1.68. The lowest BCUT2D eigenvalue weighted by molar-refractivity contribution is -0.128. The zero-order chi connectivity index (χ0) is 26.2. The molecule has 0 spiro atoms. The molecule has 0 heterocycles. The molecule has 37 heavy (non-hydrogen) atoms. The Morgan fingerprint density at radius 3 is 2.73 bits per heavy atom. The molecule has 198 valence electrons. The van der Waals surface area contributed by atoms with Crippen molar-refractivity contribution in [1.82, 2.24) is 5.32 Å². The number of carbonyl (C=O) groups excluding carboxylic acids is 2. The molecule has 4 aliphatic carbocycles. The third-order valence-electron chi connectivity index (χ3n) is 9.44. The van der Waals surface area contributed by atoms with Crippen molar-refractivity contribution in [2.45, 2.75) is 70.3 Å². The summed E-state index contributed by atoms with van der Waals surface area (Å²) in [6, 6.07) is 8.24. The number of aliphatic hydroxyl groups is 1. The topological polar surface area (TPSA) is 97.2 Å².